The predicted molar refractivity (Wildman–Crippen MR) is 42.5 cm³/mol. The number of rotatable bonds is 2. The lowest BCUT2D eigenvalue weighted by atomic mass is 9.99. The second kappa shape index (κ2) is 4.15. The highest BCUT2D eigenvalue weighted by Gasteiger charge is 2.31. The van der Waals surface area contributed by atoms with Crippen LogP contribution in [0.15, 0.2) is 0 Å². The fourth-order valence-electron chi connectivity index (χ4n) is 1.22. The molecule has 0 aromatic rings. The molecular formula is C7H14O3P+. The van der Waals surface area contributed by atoms with Crippen LogP contribution in [0.2, 0.25) is 0 Å². The van der Waals surface area contributed by atoms with Gasteiger partial charge < -0.3 is 0 Å². The van der Waals surface area contributed by atoms with Gasteiger partial charge in [-0.1, -0.05) is 13.8 Å². The van der Waals surface area contributed by atoms with Gasteiger partial charge in [0.1, 0.15) is 13.2 Å². The van der Waals surface area contributed by atoms with Gasteiger partial charge in [0, 0.05) is 10.5 Å². The minimum Gasteiger partial charge on any atom is -0.119 e. The molecule has 0 amide bonds. The summed E-state index contributed by atoms with van der Waals surface area (Å²) < 4.78 is 20.4. The molecule has 0 aliphatic carbocycles. The summed E-state index contributed by atoms with van der Waals surface area (Å²) in [5.41, 5.74) is 0. The van der Waals surface area contributed by atoms with Crippen molar-refractivity contribution >= 4 is 8.25 Å². The van der Waals surface area contributed by atoms with E-state index >= 15 is 0 Å². The zero-order valence-corrected chi connectivity index (χ0v) is 7.84. The van der Waals surface area contributed by atoms with E-state index in [-0.39, 0.29) is 0 Å². The molecule has 1 heterocycles. The van der Waals surface area contributed by atoms with Crippen molar-refractivity contribution in [1.82, 2.24) is 0 Å². The van der Waals surface area contributed by atoms with E-state index in [2.05, 4.69) is 13.8 Å². The van der Waals surface area contributed by atoms with Gasteiger partial charge in [0.25, 0.3) is 0 Å². The van der Waals surface area contributed by atoms with Crippen molar-refractivity contribution in [3.63, 3.8) is 0 Å². The molecule has 0 unspecified atom stereocenters. The quantitative estimate of drug-likeness (QED) is 0.607. The summed E-state index contributed by atoms with van der Waals surface area (Å²) in [6, 6.07) is 0. The van der Waals surface area contributed by atoms with Gasteiger partial charge in [-0.05, 0) is 12.3 Å². The minimum atomic E-state index is -1.79. The second-order valence-corrected chi connectivity index (χ2v) is 4.27. The Labute approximate surface area is 68.0 Å². The van der Waals surface area contributed by atoms with Gasteiger partial charge >= 0.3 is 8.25 Å². The summed E-state index contributed by atoms with van der Waals surface area (Å²) in [6.45, 7) is 5.50. The summed E-state index contributed by atoms with van der Waals surface area (Å²) >= 11 is 0. The Bertz CT molecular complexity index is 137. The van der Waals surface area contributed by atoms with Gasteiger partial charge in [-0.25, -0.2) is 0 Å². The zero-order chi connectivity index (χ0) is 8.27. The minimum absolute atomic E-state index is 0.433. The van der Waals surface area contributed by atoms with Crippen LogP contribution in [0, 0.1) is 11.8 Å². The van der Waals surface area contributed by atoms with E-state index in [0.29, 0.717) is 25.0 Å². The van der Waals surface area contributed by atoms with Crippen molar-refractivity contribution in [2.75, 3.05) is 13.2 Å². The van der Waals surface area contributed by atoms with Crippen LogP contribution in [0.5, 0.6) is 0 Å². The van der Waals surface area contributed by atoms with E-state index < -0.39 is 8.25 Å². The molecule has 0 saturated carbocycles. The maximum absolute atomic E-state index is 10.6. The Hall–Kier alpha value is 0.0200. The van der Waals surface area contributed by atoms with E-state index in [0.717, 1.165) is 6.42 Å². The molecule has 0 aromatic heterocycles. The van der Waals surface area contributed by atoms with Gasteiger partial charge in [0.15, 0.2) is 0 Å². The first-order valence-electron chi connectivity index (χ1n) is 3.91. The Morgan fingerprint density at radius 2 is 2.00 bits per heavy atom. The topological polar surface area (TPSA) is 35.5 Å². The average Bonchev–Trinajstić information content (AvgIpc) is 1.93. The first-order chi connectivity index (χ1) is 5.18. The maximum atomic E-state index is 10.6. The van der Waals surface area contributed by atoms with Crippen LogP contribution in [0.1, 0.15) is 20.3 Å². The van der Waals surface area contributed by atoms with E-state index in [9.17, 15) is 4.57 Å². The van der Waals surface area contributed by atoms with Crippen LogP contribution in [-0.4, -0.2) is 13.2 Å². The van der Waals surface area contributed by atoms with E-state index in [1.54, 1.807) is 0 Å². The molecule has 0 atom stereocenters. The number of hydrogen-bond donors (Lipinski definition) is 0. The second-order valence-electron chi connectivity index (χ2n) is 3.31. The van der Waals surface area contributed by atoms with Crippen LogP contribution in [-0.2, 0) is 13.6 Å². The van der Waals surface area contributed by atoms with E-state index in [1.807, 2.05) is 0 Å². The van der Waals surface area contributed by atoms with Gasteiger partial charge in [0.2, 0.25) is 0 Å². The lowest BCUT2D eigenvalue weighted by Crippen LogP contribution is -2.19. The third-order valence-electron chi connectivity index (χ3n) is 1.64. The summed E-state index contributed by atoms with van der Waals surface area (Å²) in [6.07, 6.45) is 1.09. The van der Waals surface area contributed by atoms with Crippen molar-refractivity contribution in [2.45, 2.75) is 20.3 Å². The molecule has 1 aliphatic heterocycles. The standard InChI is InChI=1S/C7H14O3P/c1-6(2)3-7-4-9-11(8)10-5-7/h6-7H,3-5H2,1-2H3/q+1. The summed E-state index contributed by atoms with van der Waals surface area (Å²) in [4.78, 5) is 0. The summed E-state index contributed by atoms with van der Waals surface area (Å²) in [5.74, 6) is 1.09. The molecule has 0 spiro atoms. The molecule has 0 radical (unpaired) electrons. The van der Waals surface area contributed by atoms with Crippen molar-refractivity contribution in [3.8, 4) is 0 Å². The van der Waals surface area contributed by atoms with Crippen molar-refractivity contribution < 1.29 is 13.6 Å². The molecule has 1 saturated heterocycles. The van der Waals surface area contributed by atoms with Crippen LogP contribution >= 0.6 is 8.25 Å². The average molecular weight is 177 g/mol. The predicted octanol–water partition coefficient (Wildman–Crippen LogP) is 2.35. The molecule has 1 fully saturated rings. The SMILES string of the molecule is CC(C)CC1CO[P+](=O)OC1. The van der Waals surface area contributed by atoms with Crippen molar-refractivity contribution in [3.05, 3.63) is 0 Å². The van der Waals surface area contributed by atoms with Crippen LogP contribution in [0.25, 0.3) is 0 Å². The highest BCUT2D eigenvalue weighted by molar-refractivity contribution is 7.33. The van der Waals surface area contributed by atoms with Crippen LogP contribution in [0.3, 0.4) is 0 Å². The first kappa shape index (κ1) is 9.11. The van der Waals surface area contributed by atoms with Gasteiger partial charge in [-0.2, -0.15) is 0 Å². The monoisotopic (exact) mass is 177 g/mol. The highest BCUT2D eigenvalue weighted by Crippen LogP contribution is 2.32. The Morgan fingerprint density at radius 1 is 1.45 bits per heavy atom. The Morgan fingerprint density at radius 3 is 2.45 bits per heavy atom. The molecular weight excluding hydrogens is 163 g/mol. The van der Waals surface area contributed by atoms with E-state index in [1.165, 1.54) is 0 Å². The molecule has 0 aromatic carbocycles. The largest absolute Gasteiger partial charge is 0.697 e. The van der Waals surface area contributed by atoms with Gasteiger partial charge in [-0.15, -0.1) is 9.05 Å². The van der Waals surface area contributed by atoms with Gasteiger partial charge in [0.05, 0.1) is 0 Å². The molecule has 3 nitrogen and oxygen atoms in total. The van der Waals surface area contributed by atoms with Crippen molar-refractivity contribution in [1.29, 1.82) is 0 Å². The zero-order valence-electron chi connectivity index (χ0n) is 6.95. The van der Waals surface area contributed by atoms with E-state index in [4.69, 9.17) is 9.05 Å². The smallest absolute Gasteiger partial charge is 0.119 e. The number of hydrogen-bond acceptors (Lipinski definition) is 3. The lowest BCUT2D eigenvalue weighted by Gasteiger charge is -2.15. The fourth-order valence-corrected chi connectivity index (χ4v) is 1.96. The van der Waals surface area contributed by atoms with Crippen LogP contribution in [0.4, 0.5) is 0 Å². The maximum Gasteiger partial charge on any atom is 0.697 e. The third-order valence-corrected chi connectivity index (χ3v) is 2.36. The Balaban J connectivity index is 2.22. The van der Waals surface area contributed by atoms with Crippen LogP contribution < -0.4 is 0 Å². The lowest BCUT2D eigenvalue weighted by molar-refractivity contribution is 0.0960. The fraction of sp³-hybridized carbons (Fsp3) is 1.00. The molecule has 0 N–H and O–H groups in total. The van der Waals surface area contributed by atoms with Gasteiger partial charge in [-0.3, -0.25) is 0 Å². The normalized spacial score (nSPS) is 29.4. The molecule has 0 bridgehead atoms. The molecule has 64 valence electrons. The molecule has 11 heavy (non-hydrogen) atoms. The molecule has 1 aliphatic rings. The Kier molecular flexibility index (Phi) is 3.44. The third kappa shape index (κ3) is 3.28. The highest BCUT2D eigenvalue weighted by atomic mass is 31.1. The molecule has 4 heteroatoms. The summed E-state index contributed by atoms with van der Waals surface area (Å²) in [5, 5.41) is 0. The molecule has 1 rings (SSSR count). The van der Waals surface area contributed by atoms with Crippen molar-refractivity contribution in [2.24, 2.45) is 11.8 Å². The summed E-state index contributed by atoms with van der Waals surface area (Å²) in [7, 11) is -1.79. The first-order valence-corrected chi connectivity index (χ1v) is 5.01.